The zero-order chi connectivity index (χ0) is 11.8. The monoisotopic (exact) mass is 240 g/mol. The van der Waals surface area contributed by atoms with Crippen molar-refractivity contribution < 1.29 is 9.90 Å². The second kappa shape index (κ2) is 7.14. The number of hydrogen-bond acceptors (Lipinski definition) is 4. The molecule has 1 aromatic carbocycles. The first-order valence-electron chi connectivity index (χ1n) is 5.05. The van der Waals surface area contributed by atoms with Crippen molar-refractivity contribution in [3.8, 4) is 5.75 Å². The second-order valence-electron chi connectivity index (χ2n) is 3.24. The molecule has 0 saturated carbocycles. The topological polar surface area (TPSA) is 61.4 Å². The van der Waals surface area contributed by atoms with Gasteiger partial charge in [-0.05, 0) is 31.3 Å². The van der Waals surface area contributed by atoms with Crippen LogP contribution < -0.4 is 10.6 Å². The van der Waals surface area contributed by atoms with E-state index in [0.717, 1.165) is 11.4 Å². The zero-order valence-corrected chi connectivity index (χ0v) is 10.0. The van der Waals surface area contributed by atoms with Gasteiger partial charge in [0.1, 0.15) is 5.75 Å². The summed E-state index contributed by atoms with van der Waals surface area (Å²) >= 11 is 1.45. The van der Waals surface area contributed by atoms with Gasteiger partial charge in [-0.15, -0.1) is 11.8 Å². The number of phenols is 1. The van der Waals surface area contributed by atoms with E-state index < -0.39 is 0 Å². The van der Waals surface area contributed by atoms with E-state index in [1.807, 2.05) is 7.05 Å². The molecule has 0 saturated heterocycles. The number of amides is 1. The van der Waals surface area contributed by atoms with Gasteiger partial charge in [-0.25, -0.2) is 0 Å². The molecule has 1 amide bonds. The van der Waals surface area contributed by atoms with Gasteiger partial charge in [0.15, 0.2) is 0 Å². The Morgan fingerprint density at radius 2 is 2.00 bits per heavy atom. The Kier molecular flexibility index (Phi) is 5.74. The van der Waals surface area contributed by atoms with Crippen LogP contribution in [0.4, 0.5) is 0 Å². The highest BCUT2D eigenvalue weighted by Crippen LogP contribution is 2.20. The molecule has 0 aromatic heterocycles. The first-order chi connectivity index (χ1) is 7.72. The number of nitrogens with one attached hydrogen (secondary N) is 2. The number of phenolic OH excluding ortho intramolecular Hbond substituents is 1. The van der Waals surface area contributed by atoms with Gasteiger partial charge in [-0.1, -0.05) is 0 Å². The lowest BCUT2D eigenvalue weighted by Gasteiger charge is -2.04. The minimum Gasteiger partial charge on any atom is -0.508 e. The Hall–Kier alpha value is -1.20. The van der Waals surface area contributed by atoms with E-state index in [4.69, 9.17) is 5.11 Å². The largest absolute Gasteiger partial charge is 0.508 e. The van der Waals surface area contributed by atoms with E-state index in [1.54, 1.807) is 24.3 Å². The van der Waals surface area contributed by atoms with Crippen LogP contribution in [0.5, 0.6) is 5.75 Å². The van der Waals surface area contributed by atoms with Crippen molar-refractivity contribution in [1.29, 1.82) is 0 Å². The maximum absolute atomic E-state index is 11.3. The molecule has 0 fully saturated rings. The number of rotatable bonds is 6. The van der Waals surface area contributed by atoms with Crippen LogP contribution in [0.3, 0.4) is 0 Å². The van der Waals surface area contributed by atoms with Gasteiger partial charge < -0.3 is 15.7 Å². The average Bonchev–Trinajstić information content (AvgIpc) is 2.29. The smallest absolute Gasteiger partial charge is 0.230 e. The summed E-state index contributed by atoms with van der Waals surface area (Å²) in [5, 5.41) is 14.8. The van der Waals surface area contributed by atoms with Crippen molar-refractivity contribution >= 4 is 17.7 Å². The molecule has 0 unspecified atom stereocenters. The van der Waals surface area contributed by atoms with Crippen LogP contribution in [-0.4, -0.2) is 36.9 Å². The van der Waals surface area contributed by atoms with Crippen molar-refractivity contribution in [2.45, 2.75) is 4.90 Å². The molecule has 0 aliphatic heterocycles. The molecule has 4 nitrogen and oxygen atoms in total. The quantitative estimate of drug-likeness (QED) is 0.509. The third-order valence-electron chi connectivity index (χ3n) is 1.90. The van der Waals surface area contributed by atoms with E-state index in [0.29, 0.717) is 12.3 Å². The first kappa shape index (κ1) is 12.9. The van der Waals surface area contributed by atoms with Gasteiger partial charge >= 0.3 is 0 Å². The molecule has 0 bridgehead atoms. The standard InChI is InChI=1S/C11H16N2O2S/c1-12-6-7-13-11(15)8-16-10-4-2-9(14)3-5-10/h2-5,12,14H,6-8H2,1H3,(H,13,15). The third kappa shape index (κ3) is 5.04. The summed E-state index contributed by atoms with van der Waals surface area (Å²) in [6.45, 7) is 1.42. The molecule has 0 spiro atoms. The summed E-state index contributed by atoms with van der Waals surface area (Å²) in [5.74, 6) is 0.658. The van der Waals surface area contributed by atoms with Gasteiger partial charge in [0.05, 0.1) is 5.75 Å². The summed E-state index contributed by atoms with van der Waals surface area (Å²) in [6.07, 6.45) is 0. The Labute approximate surface area is 99.4 Å². The lowest BCUT2D eigenvalue weighted by molar-refractivity contribution is -0.118. The number of aromatic hydroxyl groups is 1. The molecule has 1 aromatic rings. The summed E-state index contributed by atoms with van der Waals surface area (Å²) < 4.78 is 0. The molecule has 3 N–H and O–H groups in total. The molecule has 1 rings (SSSR count). The van der Waals surface area contributed by atoms with E-state index >= 15 is 0 Å². The molecule has 16 heavy (non-hydrogen) atoms. The number of likely N-dealkylation sites (N-methyl/N-ethyl adjacent to an activating group) is 1. The SMILES string of the molecule is CNCCNC(=O)CSc1ccc(O)cc1. The van der Waals surface area contributed by atoms with E-state index in [2.05, 4.69) is 10.6 Å². The van der Waals surface area contributed by atoms with Crippen LogP contribution in [0.25, 0.3) is 0 Å². The van der Waals surface area contributed by atoms with Crippen molar-refractivity contribution in [3.05, 3.63) is 24.3 Å². The molecular weight excluding hydrogens is 224 g/mol. The Morgan fingerprint density at radius 3 is 2.62 bits per heavy atom. The molecule has 0 aliphatic rings. The minimum absolute atomic E-state index is 0.0216. The summed E-state index contributed by atoms with van der Waals surface area (Å²) in [5.41, 5.74) is 0. The molecule has 0 aliphatic carbocycles. The summed E-state index contributed by atoms with van der Waals surface area (Å²) in [4.78, 5) is 12.3. The highest BCUT2D eigenvalue weighted by Gasteiger charge is 2.01. The molecular formula is C11H16N2O2S. The fourth-order valence-electron chi connectivity index (χ4n) is 1.07. The Balaban J connectivity index is 2.23. The Morgan fingerprint density at radius 1 is 1.31 bits per heavy atom. The van der Waals surface area contributed by atoms with Crippen LogP contribution in [0.15, 0.2) is 29.2 Å². The Bertz CT molecular complexity index is 327. The molecule has 0 radical (unpaired) electrons. The maximum atomic E-state index is 11.3. The fraction of sp³-hybridized carbons (Fsp3) is 0.364. The van der Waals surface area contributed by atoms with Crippen molar-refractivity contribution in [1.82, 2.24) is 10.6 Å². The number of thioether (sulfide) groups is 1. The van der Waals surface area contributed by atoms with Gasteiger partial charge in [0.25, 0.3) is 0 Å². The predicted octanol–water partition coefficient (Wildman–Crippen LogP) is 0.820. The van der Waals surface area contributed by atoms with Gasteiger partial charge in [-0.2, -0.15) is 0 Å². The fourth-order valence-corrected chi connectivity index (χ4v) is 1.80. The van der Waals surface area contributed by atoms with Gasteiger partial charge in [0, 0.05) is 18.0 Å². The minimum atomic E-state index is 0.0216. The highest BCUT2D eigenvalue weighted by atomic mass is 32.2. The van der Waals surface area contributed by atoms with Gasteiger partial charge in [0.2, 0.25) is 5.91 Å². The average molecular weight is 240 g/mol. The van der Waals surface area contributed by atoms with Crippen LogP contribution >= 0.6 is 11.8 Å². The van der Waals surface area contributed by atoms with E-state index in [1.165, 1.54) is 11.8 Å². The number of carbonyl (C=O) groups is 1. The van der Waals surface area contributed by atoms with E-state index in [-0.39, 0.29) is 11.7 Å². The zero-order valence-electron chi connectivity index (χ0n) is 9.19. The van der Waals surface area contributed by atoms with Crippen LogP contribution in [0.1, 0.15) is 0 Å². The number of hydrogen-bond donors (Lipinski definition) is 3. The van der Waals surface area contributed by atoms with E-state index in [9.17, 15) is 4.79 Å². The third-order valence-corrected chi connectivity index (χ3v) is 2.92. The maximum Gasteiger partial charge on any atom is 0.230 e. The number of carbonyl (C=O) groups excluding carboxylic acids is 1. The highest BCUT2D eigenvalue weighted by molar-refractivity contribution is 8.00. The van der Waals surface area contributed by atoms with Crippen LogP contribution in [-0.2, 0) is 4.79 Å². The normalized spacial score (nSPS) is 10.1. The van der Waals surface area contributed by atoms with Crippen LogP contribution in [0, 0.1) is 0 Å². The summed E-state index contributed by atoms with van der Waals surface area (Å²) in [6, 6.07) is 6.81. The molecule has 0 atom stereocenters. The number of benzene rings is 1. The second-order valence-corrected chi connectivity index (χ2v) is 4.28. The van der Waals surface area contributed by atoms with Crippen molar-refractivity contribution in [2.75, 3.05) is 25.9 Å². The molecule has 5 heteroatoms. The predicted molar refractivity (Wildman–Crippen MR) is 65.8 cm³/mol. The van der Waals surface area contributed by atoms with Crippen molar-refractivity contribution in [2.24, 2.45) is 0 Å². The molecule has 0 heterocycles. The summed E-state index contributed by atoms with van der Waals surface area (Å²) in [7, 11) is 1.84. The lowest BCUT2D eigenvalue weighted by atomic mass is 10.3. The van der Waals surface area contributed by atoms with Crippen molar-refractivity contribution in [3.63, 3.8) is 0 Å². The lowest BCUT2D eigenvalue weighted by Crippen LogP contribution is -2.31. The van der Waals surface area contributed by atoms with Gasteiger partial charge in [-0.3, -0.25) is 4.79 Å². The molecule has 88 valence electrons. The first-order valence-corrected chi connectivity index (χ1v) is 6.04. The van der Waals surface area contributed by atoms with Crippen LogP contribution in [0.2, 0.25) is 0 Å².